The molecule has 0 bridgehead atoms. The van der Waals surface area contributed by atoms with E-state index in [1.165, 1.54) is 10.4 Å². The lowest BCUT2D eigenvalue weighted by atomic mass is 9.96. The van der Waals surface area contributed by atoms with Crippen molar-refractivity contribution in [2.75, 3.05) is 13.1 Å². The van der Waals surface area contributed by atoms with Crippen LogP contribution in [0.25, 0.3) is 0 Å². The monoisotopic (exact) mass is 428 g/mol. The van der Waals surface area contributed by atoms with Gasteiger partial charge in [0.05, 0.1) is 10.9 Å². The summed E-state index contributed by atoms with van der Waals surface area (Å²) in [4.78, 5) is 13.2. The molecule has 30 heavy (non-hydrogen) atoms. The molecule has 1 amide bonds. The van der Waals surface area contributed by atoms with Gasteiger partial charge in [0.1, 0.15) is 0 Å². The molecule has 0 aromatic heterocycles. The first-order valence-electron chi connectivity index (χ1n) is 10.7. The third kappa shape index (κ3) is 5.49. The Labute approximate surface area is 180 Å². The van der Waals surface area contributed by atoms with E-state index < -0.39 is 10.0 Å². The van der Waals surface area contributed by atoms with Crippen LogP contribution >= 0.6 is 0 Å². The Morgan fingerprint density at radius 3 is 2.37 bits per heavy atom. The van der Waals surface area contributed by atoms with E-state index in [9.17, 15) is 13.2 Å². The summed E-state index contributed by atoms with van der Waals surface area (Å²) in [6.45, 7) is 7.45. The number of sulfonamides is 1. The zero-order chi connectivity index (χ0) is 21.7. The molecule has 1 fully saturated rings. The highest BCUT2D eigenvalue weighted by molar-refractivity contribution is 7.89. The largest absolute Gasteiger partial charge is 0.345 e. The predicted molar refractivity (Wildman–Crippen MR) is 120 cm³/mol. The van der Waals surface area contributed by atoms with Gasteiger partial charge in [-0.3, -0.25) is 4.79 Å². The summed E-state index contributed by atoms with van der Waals surface area (Å²) in [5.41, 5.74) is 1.41. The molecule has 1 saturated heterocycles. The topological polar surface area (TPSA) is 66.5 Å². The Morgan fingerprint density at radius 2 is 1.73 bits per heavy atom. The second-order valence-electron chi connectivity index (χ2n) is 8.68. The number of nitrogens with zero attached hydrogens (tertiary/aromatic N) is 1. The first-order valence-corrected chi connectivity index (χ1v) is 12.2. The molecule has 2 aromatic rings. The van der Waals surface area contributed by atoms with E-state index in [1.54, 1.807) is 18.2 Å². The summed E-state index contributed by atoms with van der Waals surface area (Å²) in [5.74, 6) is 0.696. The standard InChI is InChI=1S/C24H32N2O3S/c1-18(2)16-23(20-8-5-4-6-9-20)25-24(27)21-10-7-11-22(17-21)30(28,29)26-14-12-19(3)13-15-26/h4-11,17-19,23H,12-16H2,1-3H3,(H,25,27)/t23-/m1/s1. The van der Waals surface area contributed by atoms with Crippen LogP contribution in [0.5, 0.6) is 0 Å². The fourth-order valence-electron chi connectivity index (χ4n) is 3.85. The molecule has 3 rings (SSSR count). The van der Waals surface area contributed by atoms with Gasteiger partial charge in [0.2, 0.25) is 10.0 Å². The summed E-state index contributed by atoms with van der Waals surface area (Å²) in [6.07, 6.45) is 2.54. The lowest BCUT2D eigenvalue weighted by molar-refractivity contribution is 0.0931. The van der Waals surface area contributed by atoms with Crippen molar-refractivity contribution in [2.24, 2.45) is 11.8 Å². The maximum absolute atomic E-state index is 13.1. The SMILES string of the molecule is CC(C)C[C@@H](NC(=O)c1cccc(S(=O)(=O)N2CCC(C)CC2)c1)c1ccccc1. The fourth-order valence-corrected chi connectivity index (χ4v) is 5.36. The summed E-state index contributed by atoms with van der Waals surface area (Å²) in [5, 5.41) is 3.10. The number of benzene rings is 2. The molecule has 0 unspecified atom stereocenters. The van der Waals surface area contributed by atoms with Crippen LogP contribution in [0.4, 0.5) is 0 Å². The van der Waals surface area contributed by atoms with Crippen molar-refractivity contribution >= 4 is 15.9 Å². The Balaban J connectivity index is 1.79. The average Bonchev–Trinajstić information content (AvgIpc) is 2.74. The lowest BCUT2D eigenvalue weighted by Crippen LogP contribution is -2.38. The van der Waals surface area contributed by atoms with Crippen molar-refractivity contribution in [2.45, 2.75) is 51.0 Å². The second-order valence-corrected chi connectivity index (χ2v) is 10.6. The van der Waals surface area contributed by atoms with Gasteiger partial charge in [-0.05, 0) is 54.9 Å². The zero-order valence-electron chi connectivity index (χ0n) is 18.0. The molecule has 0 radical (unpaired) electrons. The zero-order valence-corrected chi connectivity index (χ0v) is 18.9. The minimum atomic E-state index is -3.59. The highest BCUT2D eigenvalue weighted by Crippen LogP contribution is 2.25. The number of amides is 1. The minimum Gasteiger partial charge on any atom is -0.345 e. The van der Waals surface area contributed by atoms with E-state index in [0.29, 0.717) is 30.5 Å². The van der Waals surface area contributed by atoms with E-state index in [0.717, 1.165) is 24.8 Å². The van der Waals surface area contributed by atoms with E-state index in [1.807, 2.05) is 30.3 Å². The molecular formula is C24H32N2O3S. The molecule has 2 aromatic carbocycles. The van der Waals surface area contributed by atoms with Crippen LogP contribution in [0.2, 0.25) is 0 Å². The maximum atomic E-state index is 13.1. The van der Waals surface area contributed by atoms with Crippen LogP contribution in [0, 0.1) is 11.8 Å². The van der Waals surface area contributed by atoms with Gasteiger partial charge in [-0.25, -0.2) is 8.42 Å². The van der Waals surface area contributed by atoms with Gasteiger partial charge in [-0.2, -0.15) is 4.31 Å². The van der Waals surface area contributed by atoms with Crippen LogP contribution < -0.4 is 5.32 Å². The molecule has 0 aliphatic carbocycles. The van der Waals surface area contributed by atoms with Crippen LogP contribution in [-0.2, 0) is 10.0 Å². The minimum absolute atomic E-state index is 0.123. The van der Waals surface area contributed by atoms with Gasteiger partial charge in [0.15, 0.2) is 0 Å². The molecule has 1 aliphatic heterocycles. The number of hydrogen-bond acceptors (Lipinski definition) is 3. The van der Waals surface area contributed by atoms with Crippen LogP contribution in [0.1, 0.15) is 62.0 Å². The first kappa shape index (κ1) is 22.5. The summed E-state index contributed by atoms with van der Waals surface area (Å²) in [7, 11) is -3.59. The van der Waals surface area contributed by atoms with Gasteiger partial charge in [0, 0.05) is 18.7 Å². The third-order valence-corrected chi connectivity index (χ3v) is 7.59. The number of carbonyl (C=O) groups excluding carboxylic acids is 1. The third-order valence-electron chi connectivity index (χ3n) is 5.69. The molecule has 162 valence electrons. The first-order chi connectivity index (χ1) is 14.3. The Morgan fingerprint density at radius 1 is 1.07 bits per heavy atom. The Kier molecular flexibility index (Phi) is 7.32. The van der Waals surface area contributed by atoms with Crippen molar-refractivity contribution in [1.29, 1.82) is 0 Å². The lowest BCUT2D eigenvalue weighted by Gasteiger charge is -2.29. The van der Waals surface area contributed by atoms with E-state index in [-0.39, 0.29) is 16.8 Å². The van der Waals surface area contributed by atoms with Gasteiger partial charge in [-0.15, -0.1) is 0 Å². The van der Waals surface area contributed by atoms with Crippen molar-refractivity contribution < 1.29 is 13.2 Å². The van der Waals surface area contributed by atoms with Crippen LogP contribution in [-0.4, -0.2) is 31.7 Å². The molecule has 1 heterocycles. The number of nitrogens with one attached hydrogen (secondary N) is 1. The summed E-state index contributed by atoms with van der Waals surface area (Å²) in [6, 6.07) is 16.2. The van der Waals surface area contributed by atoms with Crippen molar-refractivity contribution in [3.63, 3.8) is 0 Å². The molecule has 0 saturated carbocycles. The molecule has 0 spiro atoms. The second kappa shape index (κ2) is 9.75. The molecule has 6 heteroatoms. The van der Waals surface area contributed by atoms with E-state index in [2.05, 4.69) is 26.1 Å². The Bertz CT molecular complexity index is 949. The van der Waals surface area contributed by atoms with Crippen molar-refractivity contribution in [3.8, 4) is 0 Å². The average molecular weight is 429 g/mol. The van der Waals surface area contributed by atoms with Gasteiger partial charge < -0.3 is 5.32 Å². The number of piperidine rings is 1. The predicted octanol–water partition coefficient (Wildman–Crippen LogP) is 4.62. The summed E-state index contributed by atoms with van der Waals surface area (Å²) >= 11 is 0. The summed E-state index contributed by atoms with van der Waals surface area (Å²) < 4.78 is 27.6. The quantitative estimate of drug-likeness (QED) is 0.699. The molecule has 1 atom stereocenters. The highest BCUT2D eigenvalue weighted by atomic mass is 32.2. The van der Waals surface area contributed by atoms with Gasteiger partial charge >= 0.3 is 0 Å². The number of hydrogen-bond donors (Lipinski definition) is 1. The van der Waals surface area contributed by atoms with Gasteiger partial charge in [-0.1, -0.05) is 57.2 Å². The fraction of sp³-hybridized carbons (Fsp3) is 0.458. The number of carbonyl (C=O) groups is 1. The van der Waals surface area contributed by atoms with Gasteiger partial charge in [0.25, 0.3) is 5.91 Å². The highest BCUT2D eigenvalue weighted by Gasteiger charge is 2.28. The molecular weight excluding hydrogens is 396 g/mol. The van der Waals surface area contributed by atoms with Crippen molar-refractivity contribution in [1.82, 2.24) is 9.62 Å². The van der Waals surface area contributed by atoms with Crippen LogP contribution in [0.3, 0.4) is 0 Å². The van der Waals surface area contributed by atoms with Crippen molar-refractivity contribution in [3.05, 3.63) is 65.7 Å². The maximum Gasteiger partial charge on any atom is 0.251 e. The number of rotatable bonds is 7. The van der Waals surface area contributed by atoms with E-state index >= 15 is 0 Å². The molecule has 5 nitrogen and oxygen atoms in total. The normalized spacial score (nSPS) is 17.1. The Hall–Kier alpha value is -2.18. The smallest absolute Gasteiger partial charge is 0.251 e. The van der Waals surface area contributed by atoms with E-state index in [4.69, 9.17) is 0 Å². The molecule has 1 aliphatic rings. The molecule has 1 N–H and O–H groups in total. The van der Waals surface area contributed by atoms with Crippen LogP contribution in [0.15, 0.2) is 59.5 Å².